The highest BCUT2D eigenvalue weighted by molar-refractivity contribution is 5.79. The molecule has 0 aliphatic rings. The minimum absolute atomic E-state index is 0.0718. The first-order valence-electron chi connectivity index (χ1n) is 7.80. The zero-order chi connectivity index (χ0) is 17.6. The van der Waals surface area contributed by atoms with Gasteiger partial charge in [-0.25, -0.2) is 0 Å². The third-order valence-electron chi connectivity index (χ3n) is 3.75. The highest BCUT2D eigenvalue weighted by Gasteiger charge is 2.12. The van der Waals surface area contributed by atoms with Crippen LogP contribution in [-0.2, 0) is 11.2 Å². The Morgan fingerprint density at radius 3 is 2.60 bits per heavy atom. The van der Waals surface area contributed by atoms with Gasteiger partial charge in [0.1, 0.15) is 5.75 Å². The fourth-order valence-corrected chi connectivity index (χ4v) is 2.39. The van der Waals surface area contributed by atoms with Crippen molar-refractivity contribution >= 4 is 5.91 Å². The Balaban J connectivity index is 1.58. The molecule has 1 amide bonds. The standard InChI is InChI=1S/C18H18N4O3/c1-12(16-8-7-15(24-2)10-19-16)21-17(23)9-13-3-5-14(6-4-13)18-20-11-25-22-18/h3-8,10-12H,9H2,1-2H3,(H,21,23)/t12-/m1/s1. The van der Waals surface area contributed by atoms with Crippen molar-refractivity contribution in [2.45, 2.75) is 19.4 Å². The van der Waals surface area contributed by atoms with Gasteiger partial charge in [0, 0.05) is 5.56 Å². The van der Waals surface area contributed by atoms with Gasteiger partial charge in [-0.15, -0.1) is 0 Å². The van der Waals surface area contributed by atoms with E-state index in [1.165, 1.54) is 6.39 Å². The van der Waals surface area contributed by atoms with Crippen molar-refractivity contribution in [3.05, 3.63) is 60.2 Å². The van der Waals surface area contributed by atoms with E-state index in [1.807, 2.05) is 43.3 Å². The van der Waals surface area contributed by atoms with Gasteiger partial charge in [0.15, 0.2) is 0 Å². The molecule has 128 valence electrons. The van der Waals surface area contributed by atoms with Crippen molar-refractivity contribution in [3.8, 4) is 17.1 Å². The average molecular weight is 338 g/mol. The molecule has 1 atom stereocenters. The Morgan fingerprint density at radius 1 is 1.20 bits per heavy atom. The van der Waals surface area contributed by atoms with E-state index in [0.29, 0.717) is 11.6 Å². The summed E-state index contributed by atoms with van der Waals surface area (Å²) in [5.74, 6) is 1.14. The van der Waals surface area contributed by atoms with Crippen molar-refractivity contribution < 1.29 is 14.1 Å². The van der Waals surface area contributed by atoms with Crippen molar-refractivity contribution in [1.29, 1.82) is 0 Å². The van der Waals surface area contributed by atoms with Gasteiger partial charge < -0.3 is 14.6 Å². The minimum Gasteiger partial charge on any atom is -0.495 e. The summed E-state index contributed by atoms with van der Waals surface area (Å²) in [6.07, 6.45) is 3.20. The molecule has 3 aromatic rings. The number of ether oxygens (including phenoxy) is 1. The van der Waals surface area contributed by atoms with Gasteiger partial charge in [0.2, 0.25) is 18.1 Å². The van der Waals surface area contributed by atoms with Gasteiger partial charge in [0.05, 0.1) is 31.5 Å². The maximum atomic E-state index is 12.2. The molecule has 1 N–H and O–H groups in total. The van der Waals surface area contributed by atoms with E-state index in [4.69, 9.17) is 9.26 Å². The lowest BCUT2D eigenvalue weighted by Crippen LogP contribution is -2.28. The monoisotopic (exact) mass is 338 g/mol. The zero-order valence-corrected chi connectivity index (χ0v) is 14.0. The highest BCUT2D eigenvalue weighted by Crippen LogP contribution is 2.16. The van der Waals surface area contributed by atoms with Crippen LogP contribution in [0.25, 0.3) is 11.4 Å². The summed E-state index contributed by atoms with van der Waals surface area (Å²) in [6.45, 7) is 1.89. The van der Waals surface area contributed by atoms with Crippen LogP contribution < -0.4 is 10.1 Å². The van der Waals surface area contributed by atoms with Gasteiger partial charge in [0.25, 0.3) is 0 Å². The van der Waals surface area contributed by atoms with E-state index in [1.54, 1.807) is 13.3 Å². The quantitative estimate of drug-likeness (QED) is 0.743. The van der Waals surface area contributed by atoms with Crippen LogP contribution in [0.5, 0.6) is 5.75 Å². The van der Waals surface area contributed by atoms with Crippen LogP contribution in [0.4, 0.5) is 0 Å². The molecule has 0 fully saturated rings. The number of hydrogen-bond acceptors (Lipinski definition) is 6. The van der Waals surface area contributed by atoms with Crippen LogP contribution in [0.15, 0.2) is 53.5 Å². The van der Waals surface area contributed by atoms with Crippen LogP contribution in [0.1, 0.15) is 24.2 Å². The SMILES string of the molecule is COc1ccc([C@@H](C)NC(=O)Cc2ccc(-c3ncon3)cc2)nc1. The highest BCUT2D eigenvalue weighted by atomic mass is 16.5. The maximum absolute atomic E-state index is 12.2. The van der Waals surface area contributed by atoms with Crippen LogP contribution in [0.3, 0.4) is 0 Å². The number of rotatable bonds is 6. The predicted octanol–water partition coefficient (Wildman–Crippen LogP) is 2.56. The van der Waals surface area contributed by atoms with E-state index >= 15 is 0 Å². The molecule has 0 unspecified atom stereocenters. The predicted molar refractivity (Wildman–Crippen MR) is 90.8 cm³/mol. The van der Waals surface area contributed by atoms with E-state index < -0.39 is 0 Å². The summed E-state index contributed by atoms with van der Waals surface area (Å²) in [7, 11) is 1.59. The lowest BCUT2D eigenvalue weighted by atomic mass is 10.1. The van der Waals surface area contributed by atoms with Crippen LogP contribution in [-0.4, -0.2) is 28.1 Å². The number of carbonyl (C=O) groups excluding carboxylic acids is 1. The smallest absolute Gasteiger partial charge is 0.224 e. The molecule has 0 saturated heterocycles. The molecule has 0 aliphatic heterocycles. The lowest BCUT2D eigenvalue weighted by molar-refractivity contribution is -0.121. The molecule has 0 aliphatic carbocycles. The van der Waals surface area contributed by atoms with E-state index in [-0.39, 0.29) is 18.4 Å². The van der Waals surface area contributed by atoms with Gasteiger partial charge >= 0.3 is 0 Å². The second-order valence-electron chi connectivity index (χ2n) is 5.54. The Labute approximate surface area is 145 Å². The van der Waals surface area contributed by atoms with Crippen LogP contribution in [0.2, 0.25) is 0 Å². The fraction of sp³-hybridized carbons (Fsp3) is 0.222. The number of aromatic nitrogens is 3. The Kier molecular flexibility index (Phi) is 5.03. The van der Waals surface area contributed by atoms with Gasteiger partial charge in [-0.2, -0.15) is 4.98 Å². The molecule has 3 rings (SSSR count). The molecule has 1 aromatic carbocycles. The third kappa shape index (κ3) is 4.20. The van der Waals surface area contributed by atoms with Crippen molar-refractivity contribution in [1.82, 2.24) is 20.4 Å². The lowest BCUT2D eigenvalue weighted by Gasteiger charge is -2.14. The second kappa shape index (κ2) is 7.57. The number of nitrogens with one attached hydrogen (secondary N) is 1. The molecule has 25 heavy (non-hydrogen) atoms. The van der Waals surface area contributed by atoms with Crippen LogP contribution >= 0.6 is 0 Å². The molecular weight excluding hydrogens is 320 g/mol. The first-order valence-corrected chi connectivity index (χ1v) is 7.80. The Hall–Kier alpha value is -3.22. The number of nitrogens with zero attached hydrogens (tertiary/aromatic N) is 3. The molecule has 0 bridgehead atoms. The summed E-state index contributed by atoms with van der Waals surface area (Å²) >= 11 is 0. The summed E-state index contributed by atoms with van der Waals surface area (Å²) < 4.78 is 9.81. The fourth-order valence-electron chi connectivity index (χ4n) is 2.39. The second-order valence-corrected chi connectivity index (χ2v) is 5.54. The first-order chi connectivity index (χ1) is 12.2. The summed E-state index contributed by atoms with van der Waals surface area (Å²) in [6, 6.07) is 11.0. The minimum atomic E-state index is -0.183. The molecule has 2 aromatic heterocycles. The molecular formula is C18H18N4O3. The number of amides is 1. The maximum Gasteiger partial charge on any atom is 0.224 e. The summed E-state index contributed by atoms with van der Waals surface area (Å²) in [4.78, 5) is 20.5. The largest absolute Gasteiger partial charge is 0.495 e. The zero-order valence-electron chi connectivity index (χ0n) is 14.0. The van der Waals surface area contributed by atoms with Crippen LogP contribution in [0, 0.1) is 0 Å². The van der Waals surface area contributed by atoms with Gasteiger partial charge in [-0.1, -0.05) is 29.4 Å². The Morgan fingerprint density at radius 2 is 2.00 bits per heavy atom. The first kappa shape index (κ1) is 16.6. The number of hydrogen-bond donors (Lipinski definition) is 1. The molecule has 2 heterocycles. The van der Waals surface area contributed by atoms with Crippen molar-refractivity contribution in [2.75, 3.05) is 7.11 Å². The molecule has 0 spiro atoms. The molecule has 7 nitrogen and oxygen atoms in total. The van der Waals surface area contributed by atoms with E-state index in [0.717, 1.165) is 16.8 Å². The van der Waals surface area contributed by atoms with Crippen molar-refractivity contribution in [3.63, 3.8) is 0 Å². The number of methoxy groups -OCH3 is 1. The normalized spacial score (nSPS) is 11.8. The number of benzene rings is 1. The van der Waals surface area contributed by atoms with E-state index in [9.17, 15) is 4.79 Å². The van der Waals surface area contributed by atoms with E-state index in [2.05, 4.69) is 20.4 Å². The van der Waals surface area contributed by atoms with Gasteiger partial charge in [-0.05, 0) is 24.6 Å². The molecule has 0 saturated carbocycles. The topological polar surface area (TPSA) is 90.1 Å². The Bertz CT molecular complexity index is 815. The summed E-state index contributed by atoms with van der Waals surface area (Å²) in [5, 5.41) is 6.72. The van der Waals surface area contributed by atoms with Crippen molar-refractivity contribution in [2.24, 2.45) is 0 Å². The third-order valence-corrected chi connectivity index (χ3v) is 3.75. The molecule has 7 heteroatoms. The summed E-state index contributed by atoms with van der Waals surface area (Å²) in [5.41, 5.74) is 2.52. The number of pyridine rings is 1. The van der Waals surface area contributed by atoms with Gasteiger partial charge in [-0.3, -0.25) is 9.78 Å². The molecule has 0 radical (unpaired) electrons. The average Bonchev–Trinajstić information content (AvgIpc) is 3.17. The number of carbonyl (C=O) groups is 1.